The summed E-state index contributed by atoms with van der Waals surface area (Å²) in [6.45, 7) is 0.269. The molecule has 1 fully saturated rings. The minimum absolute atomic E-state index is 0.0179. The zero-order valence-corrected chi connectivity index (χ0v) is 9.97. The summed E-state index contributed by atoms with van der Waals surface area (Å²) in [7, 11) is 0. The second kappa shape index (κ2) is 4.93. The molecule has 1 saturated heterocycles. The number of halogens is 1. The van der Waals surface area contributed by atoms with Gasteiger partial charge in [0.25, 0.3) is 5.69 Å². The Morgan fingerprint density at radius 1 is 1.58 bits per heavy atom. The zero-order valence-electron chi connectivity index (χ0n) is 9.97. The fourth-order valence-corrected chi connectivity index (χ4v) is 2.23. The molecule has 6 nitrogen and oxygen atoms in total. The summed E-state index contributed by atoms with van der Waals surface area (Å²) in [5.41, 5.74) is -1.40. The standard InChI is InChI=1S/C12H12FNO5/c13-9-1-2-10(14(17)18)8(5-9)6-12(11(15)16)3-4-19-7-12/h1-2,5H,3-4,6-7H2,(H,15,16). The van der Waals surface area contributed by atoms with Crippen LogP contribution in [-0.4, -0.2) is 29.2 Å². The molecule has 1 aromatic carbocycles. The Kier molecular flexibility index (Phi) is 3.48. The molecule has 2 rings (SSSR count). The van der Waals surface area contributed by atoms with Crippen molar-refractivity contribution in [3.8, 4) is 0 Å². The lowest BCUT2D eigenvalue weighted by atomic mass is 9.80. The van der Waals surface area contributed by atoms with Crippen LogP contribution in [0.3, 0.4) is 0 Å². The molecule has 102 valence electrons. The Balaban J connectivity index is 2.39. The van der Waals surface area contributed by atoms with Crippen molar-refractivity contribution in [3.05, 3.63) is 39.7 Å². The summed E-state index contributed by atoms with van der Waals surface area (Å²) in [6.07, 6.45) is 0.145. The first-order valence-electron chi connectivity index (χ1n) is 5.69. The number of benzene rings is 1. The number of carbonyl (C=O) groups is 1. The summed E-state index contributed by atoms with van der Waals surface area (Å²) >= 11 is 0. The lowest BCUT2D eigenvalue weighted by Crippen LogP contribution is -2.34. The van der Waals surface area contributed by atoms with Crippen molar-refractivity contribution < 1.29 is 24.0 Å². The van der Waals surface area contributed by atoms with Gasteiger partial charge in [0.2, 0.25) is 0 Å². The lowest BCUT2D eigenvalue weighted by molar-refractivity contribution is -0.385. The van der Waals surface area contributed by atoms with E-state index in [0.717, 1.165) is 18.2 Å². The Morgan fingerprint density at radius 3 is 2.84 bits per heavy atom. The van der Waals surface area contributed by atoms with Crippen molar-refractivity contribution in [2.24, 2.45) is 5.41 Å². The molecule has 0 saturated carbocycles. The van der Waals surface area contributed by atoms with E-state index in [9.17, 15) is 24.4 Å². The molecule has 0 spiro atoms. The number of hydrogen-bond acceptors (Lipinski definition) is 4. The lowest BCUT2D eigenvalue weighted by Gasteiger charge is -2.21. The molecule has 0 bridgehead atoms. The average molecular weight is 269 g/mol. The van der Waals surface area contributed by atoms with Gasteiger partial charge in [-0.1, -0.05) is 0 Å². The quantitative estimate of drug-likeness (QED) is 0.664. The topological polar surface area (TPSA) is 89.7 Å². The van der Waals surface area contributed by atoms with Crippen LogP contribution in [0.2, 0.25) is 0 Å². The molecule has 1 aliphatic heterocycles. The minimum atomic E-state index is -1.21. The van der Waals surface area contributed by atoms with Gasteiger partial charge in [0.1, 0.15) is 5.82 Å². The van der Waals surface area contributed by atoms with Crippen LogP contribution in [0.4, 0.5) is 10.1 Å². The highest BCUT2D eigenvalue weighted by Crippen LogP contribution is 2.35. The van der Waals surface area contributed by atoms with E-state index in [2.05, 4.69) is 0 Å². The minimum Gasteiger partial charge on any atom is -0.481 e. The first-order valence-corrected chi connectivity index (χ1v) is 5.69. The van der Waals surface area contributed by atoms with Gasteiger partial charge >= 0.3 is 5.97 Å². The van der Waals surface area contributed by atoms with Crippen molar-refractivity contribution in [1.29, 1.82) is 0 Å². The molecule has 1 heterocycles. The van der Waals surface area contributed by atoms with Crippen molar-refractivity contribution in [2.75, 3.05) is 13.2 Å². The summed E-state index contributed by atoms with van der Waals surface area (Å²) in [6, 6.07) is 3.05. The van der Waals surface area contributed by atoms with Crippen LogP contribution in [0, 0.1) is 21.3 Å². The summed E-state index contributed by atoms with van der Waals surface area (Å²) in [5.74, 6) is -1.70. The molecular weight excluding hydrogens is 257 g/mol. The molecule has 1 N–H and O–H groups in total. The highest BCUT2D eigenvalue weighted by molar-refractivity contribution is 5.76. The first-order chi connectivity index (χ1) is 8.94. The molecule has 19 heavy (non-hydrogen) atoms. The van der Waals surface area contributed by atoms with E-state index in [1.54, 1.807) is 0 Å². The van der Waals surface area contributed by atoms with Gasteiger partial charge in [-0.2, -0.15) is 0 Å². The Hall–Kier alpha value is -2.02. The predicted octanol–water partition coefficient (Wildman–Crippen LogP) is 1.77. The van der Waals surface area contributed by atoms with Gasteiger partial charge in [0.15, 0.2) is 0 Å². The maximum Gasteiger partial charge on any atom is 0.312 e. The maximum absolute atomic E-state index is 13.2. The van der Waals surface area contributed by atoms with Crippen LogP contribution in [0.25, 0.3) is 0 Å². The first kappa shape index (κ1) is 13.4. The Bertz CT molecular complexity index is 525. The SMILES string of the molecule is O=C(O)C1(Cc2cc(F)ccc2[N+](=O)[O-])CCOC1. The molecule has 1 aliphatic rings. The smallest absolute Gasteiger partial charge is 0.312 e. The number of nitrogens with zero attached hydrogens (tertiary/aromatic N) is 1. The van der Waals surface area contributed by atoms with E-state index in [0.29, 0.717) is 0 Å². The maximum atomic E-state index is 13.2. The average Bonchev–Trinajstić information content (AvgIpc) is 2.78. The van der Waals surface area contributed by atoms with Gasteiger partial charge in [-0.3, -0.25) is 14.9 Å². The second-order valence-corrected chi connectivity index (χ2v) is 4.59. The molecule has 7 heteroatoms. The van der Waals surface area contributed by atoms with Gasteiger partial charge in [-0.25, -0.2) is 4.39 Å². The number of nitro groups is 1. The van der Waals surface area contributed by atoms with E-state index >= 15 is 0 Å². The number of hydrogen-bond donors (Lipinski definition) is 1. The van der Waals surface area contributed by atoms with E-state index < -0.39 is 22.1 Å². The van der Waals surface area contributed by atoms with Crippen molar-refractivity contribution in [3.63, 3.8) is 0 Å². The van der Waals surface area contributed by atoms with Crippen molar-refractivity contribution in [1.82, 2.24) is 0 Å². The van der Waals surface area contributed by atoms with Crippen LogP contribution in [0.5, 0.6) is 0 Å². The monoisotopic (exact) mass is 269 g/mol. The molecule has 1 atom stereocenters. The highest BCUT2D eigenvalue weighted by atomic mass is 19.1. The van der Waals surface area contributed by atoms with E-state index in [-0.39, 0.29) is 37.3 Å². The fourth-order valence-electron chi connectivity index (χ4n) is 2.23. The fraction of sp³-hybridized carbons (Fsp3) is 0.417. The predicted molar refractivity (Wildman–Crippen MR) is 62.3 cm³/mol. The number of ether oxygens (including phenoxy) is 1. The molecule has 1 unspecified atom stereocenters. The zero-order chi connectivity index (χ0) is 14.0. The van der Waals surface area contributed by atoms with Crippen LogP contribution >= 0.6 is 0 Å². The Labute approximate surface area is 108 Å². The van der Waals surface area contributed by atoms with Crippen molar-refractivity contribution >= 4 is 11.7 Å². The van der Waals surface area contributed by atoms with Crippen LogP contribution < -0.4 is 0 Å². The number of rotatable bonds is 4. The van der Waals surface area contributed by atoms with Gasteiger partial charge in [-0.15, -0.1) is 0 Å². The largest absolute Gasteiger partial charge is 0.481 e. The number of nitro benzene ring substituents is 1. The van der Waals surface area contributed by atoms with Crippen LogP contribution in [0.1, 0.15) is 12.0 Å². The number of aliphatic carboxylic acids is 1. The van der Waals surface area contributed by atoms with Gasteiger partial charge < -0.3 is 9.84 Å². The molecule has 0 amide bonds. The summed E-state index contributed by atoms with van der Waals surface area (Å²) in [4.78, 5) is 21.6. The Morgan fingerprint density at radius 2 is 2.32 bits per heavy atom. The van der Waals surface area contributed by atoms with E-state index in [4.69, 9.17) is 4.74 Å². The van der Waals surface area contributed by atoms with Gasteiger partial charge in [0, 0.05) is 18.2 Å². The second-order valence-electron chi connectivity index (χ2n) is 4.59. The summed E-state index contributed by atoms with van der Waals surface area (Å²) < 4.78 is 18.3. The molecule has 0 radical (unpaired) electrons. The molecule has 0 aliphatic carbocycles. The van der Waals surface area contributed by atoms with Crippen molar-refractivity contribution in [2.45, 2.75) is 12.8 Å². The van der Waals surface area contributed by atoms with Gasteiger partial charge in [-0.05, 0) is 25.0 Å². The third-order valence-corrected chi connectivity index (χ3v) is 3.32. The number of carboxylic acid groups (broad SMARTS) is 1. The third-order valence-electron chi connectivity index (χ3n) is 3.32. The molecule has 1 aromatic rings. The van der Waals surface area contributed by atoms with E-state index in [1.165, 1.54) is 0 Å². The normalized spacial score (nSPS) is 22.4. The number of carboxylic acids is 1. The van der Waals surface area contributed by atoms with Crippen LogP contribution in [-0.2, 0) is 16.0 Å². The molecular formula is C12H12FNO5. The highest BCUT2D eigenvalue weighted by Gasteiger charge is 2.43. The third kappa shape index (κ3) is 2.55. The van der Waals surface area contributed by atoms with E-state index in [1.807, 2.05) is 0 Å². The summed E-state index contributed by atoms with van der Waals surface area (Å²) in [5, 5.41) is 20.2. The molecule has 0 aromatic heterocycles. The van der Waals surface area contributed by atoms with Crippen LogP contribution in [0.15, 0.2) is 18.2 Å². The van der Waals surface area contributed by atoms with Gasteiger partial charge in [0.05, 0.1) is 16.9 Å².